The molecule has 0 spiro atoms. The van der Waals surface area contributed by atoms with E-state index >= 15 is 0 Å². The number of carbonyl (C=O) groups is 1. The maximum absolute atomic E-state index is 11.9. The molecule has 3 heteroatoms. The summed E-state index contributed by atoms with van der Waals surface area (Å²) < 4.78 is 0. The summed E-state index contributed by atoms with van der Waals surface area (Å²) in [6.07, 6.45) is 2.06. The minimum Gasteiger partial charge on any atom is -0.352 e. The third kappa shape index (κ3) is 2.47. The number of carbonyl (C=O) groups excluding carboxylic acids is 1. The van der Waals surface area contributed by atoms with Crippen molar-refractivity contribution in [3.63, 3.8) is 0 Å². The average Bonchev–Trinajstić information content (AvgIpc) is 2.45. The van der Waals surface area contributed by atoms with Gasteiger partial charge in [0.15, 0.2) is 0 Å². The van der Waals surface area contributed by atoms with Crippen molar-refractivity contribution < 1.29 is 4.79 Å². The molecule has 2 atom stereocenters. The maximum Gasteiger partial charge on any atom is 0.237 e. The third-order valence-corrected chi connectivity index (χ3v) is 3.16. The van der Waals surface area contributed by atoms with Gasteiger partial charge in [-0.3, -0.25) is 4.79 Å². The number of amides is 1. The Bertz CT molecular complexity index is 213. The Hall–Kier alpha value is -0.570. The number of rotatable bonds is 3. The van der Waals surface area contributed by atoms with Gasteiger partial charge in [-0.2, -0.15) is 0 Å². The van der Waals surface area contributed by atoms with Crippen LogP contribution in [0.25, 0.3) is 0 Å². The first-order valence-corrected chi connectivity index (χ1v) is 5.51. The second-order valence-corrected chi connectivity index (χ2v) is 4.94. The molecule has 0 aromatic heterocycles. The van der Waals surface area contributed by atoms with E-state index in [0.717, 1.165) is 19.4 Å². The molecule has 1 aliphatic heterocycles. The highest BCUT2D eigenvalue weighted by molar-refractivity contribution is 5.83. The predicted molar refractivity (Wildman–Crippen MR) is 58.1 cm³/mol. The van der Waals surface area contributed by atoms with Crippen molar-refractivity contribution in [2.24, 2.45) is 5.41 Å². The molecule has 0 aromatic rings. The third-order valence-electron chi connectivity index (χ3n) is 3.16. The lowest BCUT2D eigenvalue weighted by molar-refractivity contribution is -0.125. The molecule has 1 aliphatic rings. The van der Waals surface area contributed by atoms with E-state index in [-0.39, 0.29) is 23.4 Å². The Kier molecular flexibility index (Phi) is 3.53. The van der Waals surface area contributed by atoms with Crippen molar-refractivity contribution in [1.29, 1.82) is 0 Å². The minimum absolute atomic E-state index is 0.0171. The highest BCUT2D eigenvalue weighted by Crippen LogP contribution is 2.29. The Morgan fingerprint density at radius 2 is 2.29 bits per heavy atom. The molecule has 1 unspecified atom stereocenters. The second kappa shape index (κ2) is 4.30. The van der Waals surface area contributed by atoms with E-state index in [1.807, 2.05) is 6.92 Å². The molecule has 2 N–H and O–H groups in total. The molecule has 82 valence electrons. The van der Waals surface area contributed by atoms with E-state index in [9.17, 15) is 4.79 Å². The summed E-state index contributed by atoms with van der Waals surface area (Å²) in [7, 11) is 0. The van der Waals surface area contributed by atoms with E-state index in [1.165, 1.54) is 0 Å². The van der Waals surface area contributed by atoms with Gasteiger partial charge in [-0.25, -0.2) is 0 Å². The fourth-order valence-corrected chi connectivity index (χ4v) is 1.84. The first kappa shape index (κ1) is 11.5. The zero-order valence-electron chi connectivity index (χ0n) is 9.68. The van der Waals surface area contributed by atoms with Gasteiger partial charge < -0.3 is 10.6 Å². The van der Waals surface area contributed by atoms with Crippen molar-refractivity contribution in [1.82, 2.24) is 10.6 Å². The van der Waals surface area contributed by atoms with Gasteiger partial charge in [0.1, 0.15) is 0 Å². The summed E-state index contributed by atoms with van der Waals surface area (Å²) in [5, 5.41) is 6.29. The number of hydrogen-bond donors (Lipinski definition) is 2. The molecule has 1 fully saturated rings. The quantitative estimate of drug-likeness (QED) is 0.717. The van der Waals surface area contributed by atoms with Gasteiger partial charge in [-0.1, -0.05) is 20.8 Å². The van der Waals surface area contributed by atoms with E-state index < -0.39 is 0 Å². The van der Waals surface area contributed by atoms with Gasteiger partial charge in [0.05, 0.1) is 6.04 Å². The van der Waals surface area contributed by atoms with Crippen LogP contribution in [0.3, 0.4) is 0 Å². The van der Waals surface area contributed by atoms with Crippen LogP contribution in [-0.2, 0) is 4.79 Å². The fourth-order valence-electron chi connectivity index (χ4n) is 1.84. The van der Waals surface area contributed by atoms with Gasteiger partial charge in [-0.15, -0.1) is 0 Å². The molecule has 0 saturated carbocycles. The first-order chi connectivity index (χ1) is 6.47. The van der Waals surface area contributed by atoms with Crippen molar-refractivity contribution in [3.05, 3.63) is 0 Å². The molecule has 0 bridgehead atoms. The summed E-state index contributed by atoms with van der Waals surface area (Å²) in [6.45, 7) is 9.37. The molecular weight excluding hydrogens is 176 g/mol. The lowest BCUT2D eigenvalue weighted by Gasteiger charge is -2.26. The van der Waals surface area contributed by atoms with E-state index in [1.54, 1.807) is 0 Å². The van der Waals surface area contributed by atoms with Gasteiger partial charge in [-0.05, 0) is 31.7 Å². The lowest BCUT2D eigenvalue weighted by atomic mass is 9.84. The van der Waals surface area contributed by atoms with Crippen LogP contribution in [0.5, 0.6) is 0 Å². The summed E-state index contributed by atoms with van der Waals surface area (Å²) >= 11 is 0. The normalized spacial score (nSPS) is 27.3. The van der Waals surface area contributed by atoms with Crippen molar-refractivity contribution >= 4 is 5.91 Å². The van der Waals surface area contributed by atoms with Crippen LogP contribution >= 0.6 is 0 Å². The highest BCUT2D eigenvalue weighted by Gasteiger charge is 2.39. The van der Waals surface area contributed by atoms with Crippen LogP contribution in [0.1, 0.15) is 40.5 Å². The Balaban J connectivity index is 2.52. The highest BCUT2D eigenvalue weighted by atomic mass is 16.2. The summed E-state index contributed by atoms with van der Waals surface area (Å²) in [5.41, 5.74) is 0.0948. The van der Waals surface area contributed by atoms with Crippen LogP contribution in [0.2, 0.25) is 0 Å². The topological polar surface area (TPSA) is 41.1 Å². The van der Waals surface area contributed by atoms with Gasteiger partial charge in [0, 0.05) is 6.04 Å². The van der Waals surface area contributed by atoms with Crippen molar-refractivity contribution in [2.45, 2.75) is 52.6 Å². The smallest absolute Gasteiger partial charge is 0.237 e. The zero-order chi connectivity index (χ0) is 10.8. The van der Waals surface area contributed by atoms with E-state index in [4.69, 9.17) is 0 Å². The number of hydrogen-bond acceptors (Lipinski definition) is 2. The monoisotopic (exact) mass is 198 g/mol. The Labute approximate surface area is 86.6 Å². The molecule has 1 amide bonds. The standard InChI is InChI=1S/C11H22N2O/c1-5-8(2)13-10(14)9-11(3,4)6-7-12-9/h8-9,12H,5-7H2,1-4H3,(H,13,14)/t8-,9?/m1/s1. The first-order valence-electron chi connectivity index (χ1n) is 5.51. The van der Waals surface area contributed by atoms with E-state index in [2.05, 4.69) is 31.4 Å². The van der Waals surface area contributed by atoms with Gasteiger partial charge in [0.2, 0.25) is 5.91 Å². The van der Waals surface area contributed by atoms with Crippen LogP contribution in [-0.4, -0.2) is 24.5 Å². The van der Waals surface area contributed by atoms with Crippen LogP contribution in [0.15, 0.2) is 0 Å². The van der Waals surface area contributed by atoms with Gasteiger partial charge in [0.25, 0.3) is 0 Å². The molecule has 1 heterocycles. The summed E-state index contributed by atoms with van der Waals surface area (Å²) in [6, 6.07) is 0.261. The molecule has 0 aromatic carbocycles. The Morgan fingerprint density at radius 1 is 1.64 bits per heavy atom. The van der Waals surface area contributed by atoms with Crippen molar-refractivity contribution in [2.75, 3.05) is 6.54 Å². The minimum atomic E-state index is -0.0171. The number of nitrogens with one attached hydrogen (secondary N) is 2. The molecule has 0 aliphatic carbocycles. The Morgan fingerprint density at radius 3 is 2.71 bits per heavy atom. The summed E-state index contributed by atoms with van der Waals surface area (Å²) in [4.78, 5) is 11.9. The molecule has 1 rings (SSSR count). The lowest BCUT2D eigenvalue weighted by Crippen LogP contribution is -2.49. The van der Waals surface area contributed by atoms with Crippen LogP contribution in [0, 0.1) is 5.41 Å². The predicted octanol–water partition coefficient (Wildman–Crippen LogP) is 1.29. The fraction of sp³-hybridized carbons (Fsp3) is 0.909. The van der Waals surface area contributed by atoms with Crippen molar-refractivity contribution in [3.8, 4) is 0 Å². The summed E-state index contributed by atoms with van der Waals surface area (Å²) in [5.74, 6) is 0.154. The van der Waals surface area contributed by atoms with Crippen LogP contribution in [0.4, 0.5) is 0 Å². The van der Waals surface area contributed by atoms with Crippen LogP contribution < -0.4 is 10.6 Å². The maximum atomic E-state index is 11.9. The average molecular weight is 198 g/mol. The SMILES string of the molecule is CC[C@@H](C)NC(=O)C1NCCC1(C)C. The zero-order valence-corrected chi connectivity index (χ0v) is 9.68. The molecule has 3 nitrogen and oxygen atoms in total. The molecule has 1 saturated heterocycles. The molecule has 0 radical (unpaired) electrons. The van der Waals surface area contributed by atoms with E-state index in [0.29, 0.717) is 0 Å². The molecular formula is C11H22N2O. The second-order valence-electron chi connectivity index (χ2n) is 4.94. The largest absolute Gasteiger partial charge is 0.352 e. The molecule has 14 heavy (non-hydrogen) atoms. The van der Waals surface area contributed by atoms with Gasteiger partial charge >= 0.3 is 0 Å².